The molecule has 4 heteroatoms. The van der Waals surface area contributed by atoms with Crippen molar-refractivity contribution in [2.75, 3.05) is 0 Å². The molecule has 1 aromatic heterocycles. The van der Waals surface area contributed by atoms with Gasteiger partial charge in [0, 0.05) is 28.9 Å². The summed E-state index contributed by atoms with van der Waals surface area (Å²) in [5.41, 5.74) is 1.31. The predicted molar refractivity (Wildman–Crippen MR) is 106 cm³/mol. The van der Waals surface area contributed by atoms with Crippen molar-refractivity contribution in [3.63, 3.8) is 0 Å². The maximum atomic E-state index is 6.02. The summed E-state index contributed by atoms with van der Waals surface area (Å²) in [5.74, 6) is 0. The Kier molecular flexibility index (Phi) is 4.77. The number of thioether (sulfide) groups is 1. The Hall–Kier alpha value is -2.23. The summed E-state index contributed by atoms with van der Waals surface area (Å²) < 4.78 is 2.13. The highest BCUT2D eigenvalue weighted by Crippen LogP contribution is 2.38. The van der Waals surface area contributed by atoms with Crippen molar-refractivity contribution in [2.24, 2.45) is 0 Å². The Morgan fingerprint density at radius 2 is 1.76 bits per heavy atom. The van der Waals surface area contributed by atoms with Gasteiger partial charge in [-0.3, -0.25) is 0 Å². The van der Waals surface area contributed by atoms with Crippen molar-refractivity contribution in [1.82, 2.24) is 9.55 Å². The second-order valence-corrected chi connectivity index (χ2v) is 7.64. The molecule has 4 aromatic rings. The number of benzene rings is 3. The average molecular weight is 365 g/mol. The zero-order valence-corrected chi connectivity index (χ0v) is 15.1. The molecule has 124 valence electrons. The van der Waals surface area contributed by atoms with Crippen molar-refractivity contribution in [3.8, 4) is 0 Å². The van der Waals surface area contributed by atoms with E-state index in [1.807, 2.05) is 42.6 Å². The van der Waals surface area contributed by atoms with Gasteiger partial charge in [-0.15, -0.1) is 11.8 Å². The summed E-state index contributed by atoms with van der Waals surface area (Å²) in [5, 5.41) is 3.60. The van der Waals surface area contributed by atoms with Crippen LogP contribution in [0.25, 0.3) is 10.8 Å². The van der Waals surface area contributed by atoms with Gasteiger partial charge in [-0.25, -0.2) is 4.98 Å². The highest BCUT2D eigenvalue weighted by molar-refractivity contribution is 7.99. The summed E-state index contributed by atoms with van der Waals surface area (Å²) in [4.78, 5) is 5.38. The van der Waals surface area contributed by atoms with E-state index in [0.717, 1.165) is 11.6 Å². The van der Waals surface area contributed by atoms with Gasteiger partial charge in [-0.05, 0) is 46.7 Å². The molecule has 0 saturated heterocycles. The summed E-state index contributed by atoms with van der Waals surface area (Å²) in [6.07, 6.45) is 5.71. The van der Waals surface area contributed by atoms with Crippen LogP contribution in [0, 0.1) is 0 Å². The van der Waals surface area contributed by atoms with Crippen molar-refractivity contribution < 1.29 is 0 Å². The average Bonchev–Trinajstić information content (AvgIpc) is 3.16. The summed E-state index contributed by atoms with van der Waals surface area (Å²) in [6.45, 7) is 0.867. The van der Waals surface area contributed by atoms with E-state index < -0.39 is 0 Å². The van der Waals surface area contributed by atoms with Crippen molar-refractivity contribution >= 4 is 34.1 Å². The summed E-state index contributed by atoms with van der Waals surface area (Å²) in [7, 11) is 0. The number of rotatable bonds is 5. The Labute approximate surface area is 156 Å². The Balaban J connectivity index is 1.68. The first-order chi connectivity index (χ1) is 12.3. The summed E-state index contributed by atoms with van der Waals surface area (Å²) >= 11 is 7.87. The molecule has 2 nitrogen and oxygen atoms in total. The topological polar surface area (TPSA) is 17.8 Å². The third kappa shape index (κ3) is 3.89. The van der Waals surface area contributed by atoms with Gasteiger partial charge in [0.05, 0.1) is 11.6 Å². The maximum Gasteiger partial charge on any atom is 0.0946 e. The van der Waals surface area contributed by atoms with Crippen molar-refractivity contribution in [1.29, 1.82) is 0 Å². The van der Waals surface area contributed by atoms with Crippen LogP contribution in [0.3, 0.4) is 0 Å². The van der Waals surface area contributed by atoms with Crippen LogP contribution in [0.4, 0.5) is 0 Å². The van der Waals surface area contributed by atoms with Crippen LogP contribution in [-0.4, -0.2) is 9.55 Å². The zero-order valence-electron chi connectivity index (χ0n) is 13.5. The smallest absolute Gasteiger partial charge is 0.0946 e. The van der Waals surface area contributed by atoms with Crippen LogP contribution in [-0.2, 0) is 6.54 Å². The molecule has 0 bridgehead atoms. The number of fused-ring (bicyclic) bond motifs is 1. The van der Waals surface area contributed by atoms with Gasteiger partial charge in [0.25, 0.3) is 0 Å². The summed E-state index contributed by atoms with van der Waals surface area (Å²) in [6, 6.07) is 23.2. The fraction of sp³-hybridized carbons (Fsp3) is 0.0952. The zero-order chi connectivity index (χ0) is 17.1. The molecule has 1 atom stereocenters. The van der Waals surface area contributed by atoms with Gasteiger partial charge in [-0.1, -0.05) is 48.0 Å². The predicted octanol–water partition coefficient (Wildman–Crippen LogP) is 6.22. The lowest BCUT2D eigenvalue weighted by atomic mass is 10.0. The first-order valence-corrected chi connectivity index (χ1v) is 9.40. The molecule has 0 saturated carbocycles. The normalized spacial score (nSPS) is 12.4. The van der Waals surface area contributed by atoms with E-state index >= 15 is 0 Å². The van der Waals surface area contributed by atoms with Gasteiger partial charge in [0.15, 0.2) is 0 Å². The molecule has 0 amide bonds. The lowest BCUT2D eigenvalue weighted by Crippen LogP contribution is -2.05. The molecular weight excluding hydrogens is 348 g/mol. The highest BCUT2D eigenvalue weighted by Gasteiger charge is 2.15. The molecule has 0 aliphatic rings. The number of hydrogen-bond acceptors (Lipinski definition) is 2. The fourth-order valence-electron chi connectivity index (χ4n) is 2.88. The maximum absolute atomic E-state index is 6.02. The van der Waals surface area contributed by atoms with Gasteiger partial charge < -0.3 is 4.57 Å². The van der Waals surface area contributed by atoms with Crippen LogP contribution in [0.1, 0.15) is 10.8 Å². The molecule has 0 aliphatic heterocycles. The Morgan fingerprint density at radius 1 is 0.960 bits per heavy atom. The number of aromatic nitrogens is 2. The minimum absolute atomic E-state index is 0.292. The van der Waals surface area contributed by atoms with Crippen LogP contribution >= 0.6 is 23.4 Å². The molecule has 3 aromatic carbocycles. The molecule has 0 fully saturated rings. The number of nitrogens with zero attached hydrogens (tertiary/aromatic N) is 2. The molecule has 0 N–H and O–H groups in total. The lowest BCUT2D eigenvalue weighted by molar-refractivity contribution is 0.684. The second kappa shape index (κ2) is 7.34. The SMILES string of the molecule is Clc1ccc(SC(Cn2ccnc2)c2ccc3ccccc3c2)cc1. The van der Waals surface area contributed by atoms with E-state index in [4.69, 9.17) is 11.6 Å². The molecular formula is C21H17ClN2S. The molecule has 1 unspecified atom stereocenters. The minimum atomic E-state index is 0.292. The van der Waals surface area contributed by atoms with Crippen molar-refractivity contribution in [3.05, 3.63) is 96.0 Å². The van der Waals surface area contributed by atoms with Crippen LogP contribution in [0.2, 0.25) is 5.02 Å². The number of halogens is 1. The quantitative estimate of drug-likeness (QED) is 0.391. The minimum Gasteiger partial charge on any atom is -0.336 e. The van der Waals surface area contributed by atoms with E-state index in [1.165, 1.54) is 21.2 Å². The van der Waals surface area contributed by atoms with Crippen LogP contribution in [0.5, 0.6) is 0 Å². The van der Waals surface area contributed by atoms with Gasteiger partial charge >= 0.3 is 0 Å². The monoisotopic (exact) mass is 364 g/mol. The molecule has 25 heavy (non-hydrogen) atoms. The van der Waals surface area contributed by atoms with Crippen molar-refractivity contribution in [2.45, 2.75) is 16.7 Å². The fourth-order valence-corrected chi connectivity index (χ4v) is 4.16. The van der Waals surface area contributed by atoms with Gasteiger partial charge in [0.2, 0.25) is 0 Å². The second-order valence-electron chi connectivity index (χ2n) is 5.93. The van der Waals surface area contributed by atoms with Gasteiger partial charge in [-0.2, -0.15) is 0 Å². The molecule has 0 radical (unpaired) electrons. The molecule has 0 aliphatic carbocycles. The molecule has 4 rings (SSSR count). The van der Waals surface area contributed by atoms with Crippen LogP contribution in [0.15, 0.2) is 90.3 Å². The van der Waals surface area contributed by atoms with E-state index in [2.05, 4.69) is 64.1 Å². The molecule has 0 spiro atoms. The first-order valence-electron chi connectivity index (χ1n) is 8.14. The highest BCUT2D eigenvalue weighted by atomic mass is 35.5. The van der Waals surface area contributed by atoms with Gasteiger partial charge in [0.1, 0.15) is 0 Å². The first kappa shape index (κ1) is 16.2. The standard InChI is InChI=1S/C21H17ClN2S/c22-19-7-9-20(10-8-19)25-21(14-24-12-11-23-15-24)18-6-5-16-3-1-2-4-17(16)13-18/h1-13,15,21H,14H2. The Morgan fingerprint density at radius 3 is 2.52 bits per heavy atom. The Bertz CT molecular complexity index is 965. The molecule has 1 heterocycles. The van der Waals surface area contributed by atoms with E-state index in [-0.39, 0.29) is 0 Å². The van der Waals surface area contributed by atoms with E-state index in [0.29, 0.717) is 5.25 Å². The number of hydrogen-bond donors (Lipinski definition) is 0. The third-order valence-corrected chi connectivity index (χ3v) is 5.68. The lowest BCUT2D eigenvalue weighted by Gasteiger charge is -2.18. The largest absolute Gasteiger partial charge is 0.336 e. The third-order valence-electron chi connectivity index (χ3n) is 4.17. The van der Waals surface area contributed by atoms with E-state index in [9.17, 15) is 0 Å². The van der Waals surface area contributed by atoms with E-state index in [1.54, 1.807) is 0 Å². The number of imidazole rings is 1. The van der Waals surface area contributed by atoms with Crippen LogP contribution < -0.4 is 0 Å².